The zero-order chi connectivity index (χ0) is 9.26. The molecular weight excluding hydrogens is 184 g/mol. The average molecular weight is 192 g/mol. The minimum atomic E-state index is -0.0816. The van der Waals surface area contributed by atoms with Crippen molar-refractivity contribution in [3.05, 3.63) is 35.4 Å². The van der Waals surface area contributed by atoms with Crippen LogP contribution < -0.4 is 0 Å². The number of carbonyl (C=O) groups is 1. The van der Waals surface area contributed by atoms with Crippen LogP contribution in [0.15, 0.2) is 24.3 Å². The van der Waals surface area contributed by atoms with Crippen LogP contribution in [-0.4, -0.2) is 14.9 Å². The lowest BCUT2D eigenvalue weighted by Gasteiger charge is -2.13. The van der Waals surface area contributed by atoms with E-state index in [1.165, 1.54) is 0 Å². The molecule has 0 fully saturated rings. The predicted molar refractivity (Wildman–Crippen MR) is 52.2 cm³/mol. The van der Waals surface area contributed by atoms with Gasteiger partial charge in [-0.1, -0.05) is 24.3 Å². The number of hydrogen-bond donors (Lipinski definition) is 0. The highest BCUT2D eigenvalue weighted by Crippen LogP contribution is 2.18. The van der Waals surface area contributed by atoms with E-state index < -0.39 is 0 Å². The lowest BCUT2D eigenvalue weighted by molar-refractivity contribution is 0.106. The summed E-state index contributed by atoms with van der Waals surface area (Å²) in [6.45, 7) is 0. The lowest BCUT2D eigenvalue weighted by Crippen LogP contribution is -2.22. The Labute approximate surface area is 79.7 Å². The summed E-state index contributed by atoms with van der Waals surface area (Å²) < 4.78 is 10.6. The van der Waals surface area contributed by atoms with Crippen molar-refractivity contribution in [1.29, 1.82) is 0 Å². The Hall–Kier alpha value is -1.22. The van der Waals surface area contributed by atoms with Gasteiger partial charge in [0, 0.05) is 5.56 Å². The predicted octanol–water partition coefficient (Wildman–Crippen LogP) is 1.20. The Balaban J connectivity index is 2.57. The Morgan fingerprint density at radius 1 is 1.15 bits per heavy atom. The molecule has 2 nitrogen and oxygen atoms in total. The third-order valence-electron chi connectivity index (χ3n) is 2.24. The highest BCUT2D eigenvalue weighted by molar-refractivity contribution is 7.68. The number of carbonyl (C=O) groups excluding carboxylic acids is 1. The van der Waals surface area contributed by atoms with E-state index in [0.29, 0.717) is 28.1 Å². The molecule has 0 aromatic heterocycles. The molecule has 0 atom stereocenters. The van der Waals surface area contributed by atoms with Crippen LogP contribution in [0.5, 0.6) is 0 Å². The fourth-order valence-electron chi connectivity index (χ4n) is 1.55. The Kier molecular flexibility index (Phi) is 2.10. The first kappa shape index (κ1) is 8.38. The normalized spacial score (nSPS) is 15.4. The summed E-state index contributed by atoms with van der Waals surface area (Å²) >= 11 is 0.335. The second-order valence-corrected chi connectivity index (χ2v) is 3.65. The summed E-state index contributed by atoms with van der Waals surface area (Å²) in [7, 11) is 0. The van der Waals surface area contributed by atoms with Gasteiger partial charge in [-0.3, -0.25) is 4.79 Å². The van der Waals surface area contributed by atoms with Crippen LogP contribution >= 0.6 is 0 Å². The topological polar surface area (TPSA) is 34.1 Å². The molecule has 0 saturated carbocycles. The molecule has 66 valence electrons. The Morgan fingerprint density at radius 2 is 1.92 bits per heavy atom. The van der Waals surface area contributed by atoms with E-state index in [2.05, 4.69) is 0 Å². The molecule has 0 N–H and O–H groups in total. The second kappa shape index (κ2) is 3.26. The fourth-order valence-corrected chi connectivity index (χ4v) is 1.92. The molecule has 0 amide bonds. The molecule has 1 aromatic carbocycles. The molecule has 0 unspecified atom stereocenters. The van der Waals surface area contributed by atoms with Crippen molar-refractivity contribution >= 4 is 21.9 Å². The van der Waals surface area contributed by atoms with E-state index in [9.17, 15) is 9.00 Å². The third kappa shape index (κ3) is 1.35. The van der Waals surface area contributed by atoms with Crippen molar-refractivity contribution in [2.45, 2.75) is 12.8 Å². The first-order chi connectivity index (χ1) is 6.33. The Morgan fingerprint density at radius 3 is 2.69 bits per heavy atom. The van der Waals surface area contributed by atoms with Crippen LogP contribution in [0.4, 0.5) is 0 Å². The SMILES string of the molecule is O=S=C1CCc2ccccc2C1=O. The molecule has 1 aliphatic carbocycles. The molecule has 0 aliphatic heterocycles. The molecule has 1 aromatic rings. The number of rotatable bonds is 0. The van der Waals surface area contributed by atoms with Gasteiger partial charge in [0.05, 0.1) is 16.1 Å². The maximum absolute atomic E-state index is 11.6. The standard InChI is InChI=1S/C10H8O2S/c11-10-8-4-2-1-3-7(8)5-6-9(10)13-12/h1-4H,5-6H2. The molecule has 0 saturated heterocycles. The van der Waals surface area contributed by atoms with Gasteiger partial charge in [-0.2, -0.15) is 0 Å². The van der Waals surface area contributed by atoms with Gasteiger partial charge in [-0.15, -0.1) is 0 Å². The zero-order valence-electron chi connectivity index (χ0n) is 6.95. The van der Waals surface area contributed by atoms with E-state index in [4.69, 9.17) is 0 Å². The molecular formula is C10H8O2S. The summed E-state index contributed by atoms with van der Waals surface area (Å²) in [4.78, 5) is 12.0. The number of Topliss-reactive ketones (excluding diaryl/α,β-unsaturated/α-hetero) is 1. The Bertz CT molecular complexity index is 417. The van der Waals surface area contributed by atoms with Gasteiger partial charge in [0.2, 0.25) is 5.78 Å². The molecule has 13 heavy (non-hydrogen) atoms. The van der Waals surface area contributed by atoms with Crippen molar-refractivity contribution in [2.75, 3.05) is 0 Å². The van der Waals surface area contributed by atoms with Crippen LogP contribution in [0.1, 0.15) is 22.3 Å². The van der Waals surface area contributed by atoms with Gasteiger partial charge in [-0.05, 0) is 18.4 Å². The van der Waals surface area contributed by atoms with Gasteiger partial charge in [0.25, 0.3) is 0 Å². The number of fused-ring (bicyclic) bond motifs is 1. The van der Waals surface area contributed by atoms with E-state index in [0.717, 1.165) is 12.0 Å². The highest BCUT2D eigenvalue weighted by Gasteiger charge is 2.21. The first-order valence-corrected chi connectivity index (χ1v) is 4.85. The minimum Gasteiger partial charge on any atom is -0.288 e. The van der Waals surface area contributed by atoms with Crippen molar-refractivity contribution in [2.24, 2.45) is 0 Å². The van der Waals surface area contributed by atoms with Crippen LogP contribution in [0.2, 0.25) is 0 Å². The fraction of sp³-hybridized carbons (Fsp3) is 0.200. The van der Waals surface area contributed by atoms with E-state index in [1.807, 2.05) is 18.2 Å². The van der Waals surface area contributed by atoms with Gasteiger partial charge < -0.3 is 0 Å². The summed E-state index contributed by atoms with van der Waals surface area (Å²) in [6.07, 6.45) is 1.41. The van der Waals surface area contributed by atoms with Gasteiger partial charge in [0.15, 0.2) is 0 Å². The van der Waals surface area contributed by atoms with Crippen molar-refractivity contribution in [3.63, 3.8) is 0 Å². The average Bonchev–Trinajstić information content (AvgIpc) is 2.19. The number of benzene rings is 1. The molecule has 0 bridgehead atoms. The minimum absolute atomic E-state index is 0.0816. The van der Waals surface area contributed by atoms with Gasteiger partial charge in [0.1, 0.15) is 0 Å². The molecule has 3 heteroatoms. The summed E-state index contributed by atoms with van der Waals surface area (Å²) in [6, 6.07) is 7.48. The zero-order valence-corrected chi connectivity index (χ0v) is 7.76. The smallest absolute Gasteiger partial charge is 0.202 e. The van der Waals surface area contributed by atoms with Gasteiger partial charge >= 0.3 is 0 Å². The quantitative estimate of drug-likeness (QED) is 0.579. The highest BCUT2D eigenvalue weighted by atomic mass is 32.1. The summed E-state index contributed by atoms with van der Waals surface area (Å²) in [5.41, 5.74) is 1.76. The van der Waals surface area contributed by atoms with E-state index in [-0.39, 0.29) is 5.78 Å². The van der Waals surface area contributed by atoms with Crippen LogP contribution in [0.25, 0.3) is 0 Å². The largest absolute Gasteiger partial charge is 0.288 e. The molecule has 0 heterocycles. The lowest BCUT2D eigenvalue weighted by atomic mass is 9.91. The van der Waals surface area contributed by atoms with E-state index in [1.54, 1.807) is 6.07 Å². The van der Waals surface area contributed by atoms with Crippen LogP contribution in [0, 0.1) is 0 Å². The number of ketones is 1. The monoisotopic (exact) mass is 192 g/mol. The number of aryl methyl sites for hydroxylation is 1. The number of hydrogen-bond acceptors (Lipinski definition) is 2. The molecule has 0 spiro atoms. The second-order valence-electron chi connectivity index (χ2n) is 2.99. The van der Waals surface area contributed by atoms with E-state index >= 15 is 0 Å². The third-order valence-corrected chi connectivity index (χ3v) is 2.83. The van der Waals surface area contributed by atoms with Crippen molar-refractivity contribution < 1.29 is 9.00 Å². The van der Waals surface area contributed by atoms with Crippen LogP contribution in [-0.2, 0) is 17.7 Å². The maximum atomic E-state index is 11.6. The van der Waals surface area contributed by atoms with Crippen LogP contribution in [0.3, 0.4) is 0 Å². The molecule has 1 aliphatic rings. The van der Waals surface area contributed by atoms with Gasteiger partial charge in [-0.25, -0.2) is 4.21 Å². The molecule has 0 radical (unpaired) electrons. The summed E-state index contributed by atoms with van der Waals surface area (Å²) in [5.74, 6) is -0.0816. The molecule has 2 rings (SSSR count). The summed E-state index contributed by atoms with van der Waals surface area (Å²) in [5, 5.41) is 0. The first-order valence-electron chi connectivity index (χ1n) is 4.11. The van der Waals surface area contributed by atoms with Crippen molar-refractivity contribution in [1.82, 2.24) is 0 Å². The maximum Gasteiger partial charge on any atom is 0.202 e. The van der Waals surface area contributed by atoms with Crippen molar-refractivity contribution in [3.8, 4) is 0 Å².